The first-order valence-corrected chi connectivity index (χ1v) is 6.08. The zero-order valence-corrected chi connectivity index (χ0v) is 10.3. The molecule has 1 aromatic carbocycles. The number of aryl methyl sites for hydroxylation is 1. The number of alkyl halides is 1. The summed E-state index contributed by atoms with van der Waals surface area (Å²) in [6.45, 7) is 6.33. The van der Waals surface area contributed by atoms with E-state index < -0.39 is 0 Å². The third-order valence-corrected chi connectivity index (χ3v) is 2.76. The van der Waals surface area contributed by atoms with Crippen LogP contribution in [0.1, 0.15) is 24.5 Å². The summed E-state index contributed by atoms with van der Waals surface area (Å²) in [4.78, 5) is 0. The van der Waals surface area contributed by atoms with Crippen LogP contribution in [0.4, 0.5) is 0 Å². The predicted molar refractivity (Wildman–Crippen MR) is 67.4 cm³/mol. The highest BCUT2D eigenvalue weighted by molar-refractivity contribution is 6.17. The van der Waals surface area contributed by atoms with Crippen molar-refractivity contribution in [2.24, 2.45) is 5.92 Å². The van der Waals surface area contributed by atoms with E-state index in [9.17, 15) is 0 Å². The fourth-order valence-electron chi connectivity index (χ4n) is 1.46. The number of nitrogens with one attached hydrogen (secondary N) is 1. The first-order valence-electron chi connectivity index (χ1n) is 5.54. The Hall–Kier alpha value is -0.530. The first-order chi connectivity index (χ1) is 7.22. The van der Waals surface area contributed by atoms with Crippen molar-refractivity contribution in [2.75, 3.05) is 12.4 Å². The molecular weight excluding hydrogens is 206 g/mol. The Bertz CT molecular complexity index is 268. The first kappa shape index (κ1) is 12.5. The molecule has 0 spiro atoms. The lowest BCUT2D eigenvalue weighted by Gasteiger charge is -2.10. The maximum absolute atomic E-state index is 5.68. The molecule has 15 heavy (non-hydrogen) atoms. The Morgan fingerprint density at radius 1 is 1.27 bits per heavy atom. The van der Waals surface area contributed by atoms with Crippen LogP contribution >= 0.6 is 11.6 Å². The Morgan fingerprint density at radius 3 is 2.53 bits per heavy atom. The second-order valence-electron chi connectivity index (χ2n) is 4.20. The van der Waals surface area contributed by atoms with Gasteiger partial charge in [0.25, 0.3) is 0 Å². The Morgan fingerprint density at radius 2 is 1.93 bits per heavy atom. The average Bonchev–Trinajstić information content (AvgIpc) is 2.21. The molecular formula is C13H20ClN. The van der Waals surface area contributed by atoms with Crippen molar-refractivity contribution in [2.45, 2.75) is 26.8 Å². The molecule has 1 N–H and O–H groups in total. The third kappa shape index (κ3) is 5.19. The van der Waals surface area contributed by atoms with Gasteiger partial charge >= 0.3 is 0 Å². The van der Waals surface area contributed by atoms with Crippen molar-refractivity contribution in [3.63, 3.8) is 0 Å². The standard InChI is InChI=1S/C13H20ClN/c1-11-3-5-13(6-4-11)10-15-9-12(2)7-8-14/h3-6,12,15H,7-10H2,1-2H3. The highest BCUT2D eigenvalue weighted by atomic mass is 35.5. The summed E-state index contributed by atoms with van der Waals surface area (Å²) in [7, 11) is 0. The molecule has 0 saturated heterocycles. The van der Waals surface area contributed by atoms with Gasteiger partial charge in [0.15, 0.2) is 0 Å². The molecule has 0 bridgehead atoms. The van der Waals surface area contributed by atoms with Gasteiger partial charge in [-0.3, -0.25) is 0 Å². The second-order valence-corrected chi connectivity index (χ2v) is 4.58. The van der Waals surface area contributed by atoms with E-state index in [2.05, 4.69) is 43.4 Å². The molecule has 0 heterocycles. The SMILES string of the molecule is Cc1ccc(CNCC(C)CCCl)cc1. The summed E-state index contributed by atoms with van der Waals surface area (Å²) in [6.07, 6.45) is 1.09. The van der Waals surface area contributed by atoms with Crippen molar-refractivity contribution >= 4 is 11.6 Å². The molecule has 0 aromatic heterocycles. The molecule has 0 amide bonds. The maximum Gasteiger partial charge on any atom is 0.0226 e. The van der Waals surface area contributed by atoms with Crippen LogP contribution in [0.2, 0.25) is 0 Å². The zero-order chi connectivity index (χ0) is 11.1. The van der Waals surface area contributed by atoms with Crippen molar-refractivity contribution in [1.29, 1.82) is 0 Å². The fourth-order valence-corrected chi connectivity index (χ4v) is 1.83. The highest BCUT2D eigenvalue weighted by Gasteiger charge is 2.00. The van der Waals surface area contributed by atoms with Gasteiger partial charge in [-0.05, 0) is 31.4 Å². The summed E-state index contributed by atoms with van der Waals surface area (Å²) in [5, 5.41) is 3.45. The van der Waals surface area contributed by atoms with E-state index in [-0.39, 0.29) is 0 Å². The van der Waals surface area contributed by atoms with E-state index in [4.69, 9.17) is 11.6 Å². The zero-order valence-electron chi connectivity index (χ0n) is 9.59. The largest absolute Gasteiger partial charge is 0.312 e. The molecule has 84 valence electrons. The quantitative estimate of drug-likeness (QED) is 0.733. The summed E-state index contributed by atoms with van der Waals surface area (Å²) in [5.41, 5.74) is 2.66. The van der Waals surface area contributed by atoms with Crippen LogP contribution in [0, 0.1) is 12.8 Å². The van der Waals surface area contributed by atoms with Crippen LogP contribution in [0.15, 0.2) is 24.3 Å². The van der Waals surface area contributed by atoms with Crippen molar-refractivity contribution in [3.05, 3.63) is 35.4 Å². The van der Waals surface area contributed by atoms with Gasteiger partial charge in [0.2, 0.25) is 0 Å². The minimum atomic E-state index is 0.660. The molecule has 0 radical (unpaired) electrons. The summed E-state index contributed by atoms with van der Waals surface area (Å²) in [5.74, 6) is 1.42. The normalized spacial score (nSPS) is 12.7. The molecule has 0 fully saturated rings. The molecule has 0 aliphatic rings. The predicted octanol–water partition coefficient (Wildman–Crippen LogP) is 3.35. The van der Waals surface area contributed by atoms with E-state index in [0.29, 0.717) is 5.92 Å². The average molecular weight is 226 g/mol. The van der Waals surface area contributed by atoms with Gasteiger partial charge < -0.3 is 5.32 Å². The summed E-state index contributed by atoms with van der Waals surface area (Å²) in [6, 6.07) is 8.65. The molecule has 1 unspecified atom stereocenters. The topological polar surface area (TPSA) is 12.0 Å². The van der Waals surface area contributed by atoms with Gasteiger partial charge in [0.05, 0.1) is 0 Å². The molecule has 0 aliphatic carbocycles. The molecule has 0 aliphatic heterocycles. The van der Waals surface area contributed by atoms with Gasteiger partial charge in [0.1, 0.15) is 0 Å². The second kappa shape index (κ2) is 6.86. The van der Waals surface area contributed by atoms with E-state index in [1.54, 1.807) is 0 Å². The lowest BCUT2D eigenvalue weighted by molar-refractivity contribution is 0.502. The number of rotatable bonds is 6. The van der Waals surface area contributed by atoms with Crippen LogP contribution in [0.25, 0.3) is 0 Å². The number of hydrogen-bond acceptors (Lipinski definition) is 1. The molecule has 0 saturated carbocycles. The van der Waals surface area contributed by atoms with Crippen molar-refractivity contribution < 1.29 is 0 Å². The molecule has 1 aromatic rings. The van der Waals surface area contributed by atoms with Gasteiger partial charge in [-0.2, -0.15) is 0 Å². The van der Waals surface area contributed by atoms with Crippen LogP contribution in [0.5, 0.6) is 0 Å². The maximum atomic E-state index is 5.68. The minimum absolute atomic E-state index is 0.660. The summed E-state index contributed by atoms with van der Waals surface area (Å²) >= 11 is 5.68. The smallest absolute Gasteiger partial charge is 0.0226 e. The van der Waals surface area contributed by atoms with Crippen molar-refractivity contribution in [3.8, 4) is 0 Å². The van der Waals surface area contributed by atoms with E-state index in [1.165, 1.54) is 11.1 Å². The monoisotopic (exact) mass is 225 g/mol. The molecule has 2 heteroatoms. The summed E-state index contributed by atoms with van der Waals surface area (Å²) < 4.78 is 0. The van der Waals surface area contributed by atoms with Crippen molar-refractivity contribution in [1.82, 2.24) is 5.32 Å². The molecule has 1 atom stereocenters. The molecule has 1 rings (SSSR count). The van der Waals surface area contributed by atoms with Crippen LogP contribution < -0.4 is 5.32 Å². The minimum Gasteiger partial charge on any atom is -0.312 e. The van der Waals surface area contributed by atoms with Gasteiger partial charge in [-0.25, -0.2) is 0 Å². The molecule has 1 nitrogen and oxygen atoms in total. The van der Waals surface area contributed by atoms with Gasteiger partial charge in [-0.1, -0.05) is 36.8 Å². The van der Waals surface area contributed by atoms with E-state index in [1.807, 2.05) is 0 Å². The van der Waals surface area contributed by atoms with Crippen LogP contribution in [-0.2, 0) is 6.54 Å². The van der Waals surface area contributed by atoms with Gasteiger partial charge in [0, 0.05) is 12.4 Å². The Balaban J connectivity index is 2.22. The van der Waals surface area contributed by atoms with Crippen LogP contribution in [-0.4, -0.2) is 12.4 Å². The van der Waals surface area contributed by atoms with E-state index in [0.717, 1.165) is 25.4 Å². The Labute approximate surface area is 97.8 Å². The Kier molecular flexibility index (Phi) is 5.74. The fraction of sp³-hybridized carbons (Fsp3) is 0.538. The lowest BCUT2D eigenvalue weighted by Crippen LogP contribution is -2.20. The number of hydrogen-bond donors (Lipinski definition) is 1. The third-order valence-electron chi connectivity index (χ3n) is 2.54. The highest BCUT2D eigenvalue weighted by Crippen LogP contribution is 2.04. The van der Waals surface area contributed by atoms with Crippen LogP contribution in [0.3, 0.4) is 0 Å². The van der Waals surface area contributed by atoms with Gasteiger partial charge in [-0.15, -0.1) is 11.6 Å². The lowest BCUT2D eigenvalue weighted by atomic mass is 10.1. The number of benzene rings is 1. The number of halogens is 1. The van der Waals surface area contributed by atoms with E-state index >= 15 is 0 Å².